The van der Waals surface area contributed by atoms with Gasteiger partial charge in [0.2, 0.25) is 5.91 Å². The second kappa shape index (κ2) is 4.12. The molecule has 128 valence electrons. The van der Waals surface area contributed by atoms with Crippen molar-refractivity contribution in [3.8, 4) is 0 Å². The van der Waals surface area contributed by atoms with Crippen LogP contribution in [0, 0.1) is 11.8 Å². The molecule has 1 saturated carbocycles. The van der Waals surface area contributed by atoms with Gasteiger partial charge in [-0.05, 0) is 48.6 Å². The highest BCUT2D eigenvalue weighted by molar-refractivity contribution is 5.99. The number of carbonyl (C=O) groups excluding carboxylic acids is 1. The van der Waals surface area contributed by atoms with Crippen LogP contribution in [-0.2, 0) is 14.9 Å². The van der Waals surface area contributed by atoms with Crippen LogP contribution in [0.4, 0.5) is 5.69 Å². The first-order chi connectivity index (χ1) is 12.3. The zero-order valence-electron chi connectivity index (χ0n) is 14.2. The van der Waals surface area contributed by atoms with E-state index in [9.17, 15) is 4.79 Å². The number of piperidine rings is 1. The third kappa shape index (κ3) is 1.31. The van der Waals surface area contributed by atoms with Crippen LogP contribution in [0.2, 0.25) is 0 Å². The summed E-state index contributed by atoms with van der Waals surface area (Å²) < 4.78 is 6.29. The number of hydrogen-bond donors (Lipinski definition) is 0. The number of rotatable bonds is 0. The van der Waals surface area contributed by atoms with Crippen molar-refractivity contribution in [2.45, 2.75) is 49.3 Å². The number of carbonyl (C=O) groups is 1. The maximum absolute atomic E-state index is 13.2. The summed E-state index contributed by atoms with van der Waals surface area (Å²) in [5.74, 6) is 1.35. The molecule has 5 aliphatic heterocycles. The van der Waals surface area contributed by atoms with Crippen molar-refractivity contribution in [2.24, 2.45) is 11.8 Å². The van der Waals surface area contributed by atoms with Gasteiger partial charge in [0.05, 0.1) is 25.2 Å². The fourth-order valence-corrected chi connectivity index (χ4v) is 7.46. The van der Waals surface area contributed by atoms with Crippen molar-refractivity contribution in [3.05, 3.63) is 41.6 Å². The lowest BCUT2D eigenvalue weighted by molar-refractivity contribution is -0.131. The third-order valence-corrected chi connectivity index (χ3v) is 8.16. The van der Waals surface area contributed by atoms with Gasteiger partial charge < -0.3 is 14.5 Å². The summed E-state index contributed by atoms with van der Waals surface area (Å²) in [5, 5.41) is 0. The summed E-state index contributed by atoms with van der Waals surface area (Å²) in [7, 11) is 0. The number of fused-ring (bicyclic) bond motifs is 2. The van der Waals surface area contributed by atoms with Gasteiger partial charge in [-0.3, -0.25) is 4.79 Å². The van der Waals surface area contributed by atoms with Gasteiger partial charge in [-0.25, -0.2) is 0 Å². The molecule has 6 aliphatic rings. The van der Waals surface area contributed by atoms with E-state index in [1.165, 1.54) is 24.1 Å². The van der Waals surface area contributed by atoms with Crippen molar-refractivity contribution in [1.82, 2.24) is 4.90 Å². The Labute approximate surface area is 147 Å². The Balaban J connectivity index is 1.56. The van der Waals surface area contributed by atoms with Gasteiger partial charge in [0.25, 0.3) is 0 Å². The van der Waals surface area contributed by atoms with Gasteiger partial charge in [-0.15, -0.1) is 0 Å². The van der Waals surface area contributed by atoms with Crippen molar-refractivity contribution in [3.63, 3.8) is 0 Å². The van der Waals surface area contributed by atoms with Gasteiger partial charge in [-0.2, -0.15) is 0 Å². The molecule has 3 saturated heterocycles. The highest BCUT2D eigenvalue weighted by atomic mass is 16.5. The first-order valence-electron chi connectivity index (χ1n) is 9.78. The first-order valence-corrected chi connectivity index (χ1v) is 9.78. The van der Waals surface area contributed by atoms with E-state index in [-0.39, 0.29) is 17.4 Å². The number of anilines is 1. The summed E-state index contributed by atoms with van der Waals surface area (Å²) in [5.41, 5.74) is 4.32. The third-order valence-electron chi connectivity index (χ3n) is 8.16. The molecule has 0 unspecified atom stereocenters. The standard InChI is InChI=1S/C21H22N2O2/c24-18-10-16-19-13-9-17-21(6-7-22(17)11-12(13)5-8-25-16)14-3-1-2-4-15(14)23(18)20(19)21/h1-4,11,13,16-17,19-20H,5-10H2/t13-,16-,17+,19-,20+,21+/m0/s1. The second-order valence-corrected chi connectivity index (χ2v) is 8.76. The predicted octanol–water partition coefficient (Wildman–Crippen LogP) is 2.44. The van der Waals surface area contributed by atoms with E-state index >= 15 is 0 Å². The Morgan fingerprint density at radius 3 is 3.12 bits per heavy atom. The van der Waals surface area contributed by atoms with Crippen molar-refractivity contribution in [1.29, 1.82) is 0 Å². The van der Waals surface area contributed by atoms with Gasteiger partial charge in [-0.1, -0.05) is 18.2 Å². The Morgan fingerprint density at radius 1 is 1.24 bits per heavy atom. The van der Waals surface area contributed by atoms with Gasteiger partial charge in [0.15, 0.2) is 0 Å². The first kappa shape index (κ1) is 13.4. The van der Waals surface area contributed by atoms with E-state index in [0.29, 0.717) is 30.3 Å². The molecule has 25 heavy (non-hydrogen) atoms. The molecule has 1 aromatic carbocycles. The predicted molar refractivity (Wildman–Crippen MR) is 93.2 cm³/mol. The Kier molecular flexibility index (Phi) is 2.21. The number of amides is 1. The molecular formula is C21H22N2O2. The lowest BCUT2D eigenvalue weighted by Crippen LogP contribution is -2.68. The summed E-state index contributed by atoms with van der Waals surface area (Å²) in [6.45, 7) is 1.91. The minimum atomic E-state index is 0.113. The summed E-state index contributed by atoms with van der Waals surface area (Å²) >= 11 is 0. The molecule has 1 amide bonds. The Bertz CT molecular complexity index is 848. The maximum atomic E-state index is 13.2. The number of hydrogen-bond acceptors (Lipinski definition) is 3. The SMILES string of the molecule is O=C1C[C@@H]2OCCC3=CN4CC[C@]56c7ccccc7N1[C@@H]5[C@H]2[C@H]3C[C@@H]46. The van der Waals surface area contributed by atoms with Gasteiger partial charge in [0, 0.05) is 29.6 Å². The zero-order valence-corrected chi connectivity index (χ0v) is 14.2. The lowest BCUT2D eigenvalue weighted by atomic mass is 9.54. The highest BCUT2D eigenvalue weighted by Gasteiger charge is 2.70. The fraction of sp³-hybridized carbons (Fsp3) is 0.571. The van der Waals surface area contributed by atoms with E-state index in [4.69, 9.17) is 4.74 Å². The normalized spacial score (nSPS) is 45.2. The summed E-state index contributed by atoms with van der Waals surface area (Å²) in [6, 6.07) is 9.59. The molecule has 0 N–H and O–H groups in total. The molecule has 2 bridgehead atoms. The molecule has 0 aromatic heterocycles. The van der Waals surface area contributed by atoms with E-state index < -0.39 is 0 Å². The fourth-order valence-electron chi connectivity index (χ4n) is 7.46. The molecule has 5 heterocycles. The topological polar surface area (TPSA) is 32.8 Å². The molecule has 4 fully saturated rings. The van der Waals surface area contributed by atoms with E-state index in [1.807, 2.05) is 0 Å². The minimum Gasteiger partial charge on any atom is -0.377 e. The summed E-state index contributed by atoms with van der Waals surface area (Å²) in [6.07, 6.45) is 6.62. The molecule has 1 spiro atoms. The zero-order chi connectivity index (χ0) is 16.3. The maximum Gasteiger partial charge on any atom is 0.229 e. The average Bonchev–Trinajstić information content (AvgIpc) is 3.10. The van der Waals surface area contributed by atoms with Gasteiger partial charge in [0.1, 0.15) is 0 Å². The monoisotopic (exact) mass is 334 g/mol. The Morgan fingerprint density at radius 2 is 2.16 bits per heavy atom. The molecule has 6 atom stereocenters. The number of para-hydroxylation sites is 1. The molecule has 7 rings (SSSR count). The minimum absolute atomic E-state index is 0.113. The molecule has 1 aromatic rings. The van der Waals surface area contributed by atoms with Crippen LogP contribution in [0.25, 0.3) is 0 Å². The molecule has 0 radical (unpaired) electrons. The number of benzene rings is 1. The van der Waals surface area contributed by atoms with Crippen LogP contribution < -0.4 is 4.90 Å². The quantitative estimate of drug-likeness (QED) is 0.731. The van der Waals surface area contributed by atoms with Crippen LogP contribution >= 0.6 is 0 Å². The largest absolute Gasteiger partial charge is 0.377 e. The van der Waals surface area contributed by atoms with Crippen molar-refractivity contribution >= 4 is 11.6 Å². The highest BCUT2D eigenvalue weighted by Crippen LogP contribution is 2.65. The van der Waals surface area contributed by atoms with Crippen LogP contribution in [0.3, 0.4) is 0 Å². The average molecular weight is 334 g/mol. The molecule has 4 heteroatoms. The second-order valence-electron chi connectivity index (χ2n) is 8.76. The van der Waals surface area contributed by atoms with Crippen LogP contribution in [0.1, 0.15) is 31.2 Å². The Hall–Kier alpha value is -1.81. The molecular weight excluding hydrogens is 312 g/mol. The number of ether oxygens (including phenoxy) is 1. The van der Waals surface area contributed by atoms with Crippen LogP contribution in [0.15, 0.2) is 36.0 Å². The van der Waals surface area contributed by atoms with Crippen LogP contribution in [-0.4, -0.2) is 42.1 Å². The van der Waals surface area contributed by atoms with Crippen LogP contribution in [0.5, 0.6) is 0 Å². The van der Waals surface area contributed by atoms with Crippen molar-refractivity contribution in [2.75, 3.05) is 18.1 Å². The summed E-state index contributed by atoms with van der Waals surface area (Å²) in [4.78, 5) is 18.0. The van der Waals surface area contributed by atoms with E-state index in [0.717, 1.165) is 19.6 Å². The van der Waals surface area contributed by atoms with E-state index in [1.54, 1.807) is 5.57 Å². The number of nitrogens with zero attached hydrogens (tertiary/aromatic N) is 2. The van der Waals surface area contributed by atoms with Gasteiger partial charge >= 0.3 is 0 Å². The van der Waals surface area contributed by atoms with Crippen molar-refractivity contribution < 1.29 is 9.53 Å². The smallest absolute Gasteiger partial charge is 0.229 e. The molecule has 1 aliphatic carbocycles. The molecule has 4 nitrogen and oxygen atoms in total. The lowest BCUT2D eigenvalue weighted by Gasteiger charge is -2.57. The van der Waals surface area contributed by atoms with E-state index in [2.05, 4.69) is 40.3 Å².